The van der Waals surface area contributed by atoms with E-state index in [1.54, 1.807) is 47.4 Å². The zero-order valence-electron chi connectivity index (χ0n) is 19.8. The van der Waals surface area contributed by atoms with Gasteiger partial charge in [-0.3, -0.25) is 9.59 Å². The highest BCUT2D eigenvalue weighted by atomic mass is 35.5. The van der Waals surface area contributed by atoms with Gasteiger partial charge in [0.15, 0.2) is 23.1 Å². The second-order valence-electron chi connectivity index (χ2n) is 8.45. The largest absolute Gasteiger partial charge is 0.493 e. The first kappa shape index (κ1) is 25.4. The van der Waals surface area contributed by atoms with E-state index in [9.17, 15) is 18.4 Å². The van der Waals surface area contributed by atoms with Crippen molar-refractivity contribution >= 4 is 23.4 Å². The number of piperidine rings is 1. The topological polar surface area (TPSA) is 67.9 Å². The van der Waals surface area contributed by atoms with Crippen molar-refractivity contribution in [1.82, 2.24) is 10.2 Å². The molecule has 0 aliphatic carbocycles. The fourth-order valence-electron chi connectivity index (χ4n) is 4.43. The van der Waals surface area contributed by atoms with E-state index in [-0.39, 0.29) is 18.4 Å². The fraction of sp³-hybridized carbons (Fsp3) is 0.259. The van der Waals surface area contributed by atoms with Gasteiger partial charge in [-0.15, -0.1) is 0 Å². The van der Waals surface area contributed by atoms with Gasteiger partial charge in [-0.25, -0.2) is 8.78 Å². The third-order valence-corrected chi connectivity index (χ3v) is 6.67. The third-order valence-electron chi connectivity index (χ3n) is 6.34. The summed E-state index contributed by atoms with van der Waals surface area (Å²) in [5.74, 6) is -2.16. The molecule has 6 nitrogen and oxygen atoms in total. The van der Waals surface area contributed by atoms with Crippen LogP contribution in [0.3, 0.4) is 0 Å². The van der Waals surface area contributed by atoms with E-state index in [1.165, 1.54) is 20.3 Å². The molecule has 3 aromatic carbocycles. The van der Waals surface area contributed by atoms with Crippen molar-refractivity contribution in [2.24, 2.45) is 0 Å². The molecule has 0 aromatic heterocycles. The number of carbonyl (C=O) groups is 2. The third kappa shape index (κ3) is 5.28. The molecule has 2 amide bonds. The summed E-state index contributed by atoms with van der Waals surface area (Å²) in [6, 6.07) is 14.7. The molecule has 1 aliphatic rings. The van der Waals surface area contributed by atoms with E-state index in [2.05, 4.69) is 5.32 Å². The Hall–Kier alpha value is -3.65. The summed E-state index contributed by atoms with van der Waals surface area (Å²) in [7, 11) is 2.99. The molecule has 1 heterocycles. The van der Waals surface area contributed by atoms with Crippen molar-refractivity contribution in [1.29, 1.82) is 0 Å². The van der Waals surface area contributed by atoms with E-state index in [0.717, 1.165) is 12.1 Å². The van der Waals surface area contributed by atoms with Crippen molar-refractivity contribution in [2.45, 2.75) is 18.4 Å². The molecule has 2 unspecified atom stereocenters. The van der Waals surface area contributed by atoms with E-state index in [1.807, 2.05) is 0 Å². The van der Waals surface area contributed by atoms with Crippen LogP contribution in [0.4, 0.5) is 8.78 Å². The molecule has 1 fully saturated rings. The zero-order chi connectivity index (χ0) is 25.8. The molecule has 188 valence electrons. The summed E-state index contributed by atoms with van der Waals surface area (Å²) in [5, 5.41) is 3.28. The maximum atomic E-state index is 14.1. The number of ether oxygens (including phenoxy) is 2. The van der Waals surface area contributed by atoms with Crippen LogP contribution in [-0.4, -0.2) is 50.1 Å². The second kappa shape index (κ2) is 11.0. The minimum Gasteiger partial charge on any atom is -0.493 e. The lowest BCUT2D eigenvalue weighted by atomic mass is 9.85. The molecule has 0 radical (unpaired) electrons. The predicted molar refractivity (Wildman–Crippen MR) is 132 cm³/mol. The maximum absolute atomic E-state index is 14.1. The number of halogens is 3. The van der Waals surface area contributed by atoms with Crippen molar-refractivity contribution in [3.05, 3.63) is 94.0 Å². The van der Waals surface area contributed by atoms with Crippen LogP contribution in [0.1, 0.15) is 38.6 Å². The number of benzene rings is 3. The van der Waals surface area contributed by atoms with Crippen LogP contribution >= 0.6 is 11.6 Å². The Morgan fingerprint density at radius 1 is 0.972 bits per heavy atom. The van der Waals surface area contributed by atoms with Crippen LogP contribution in [0.2, 0.25) is 5.02 Å². The quantitative estimate of drug-likeness (QED) is 0.499. The summed E-state index contributed by atoms with van der Waals surface area (Å²) in [5.41, 5.74) is 1.19. The normalized spacial score (nSPS) is 17.4. The smallest absolute Gasteiger partial charge is 0.254 e. The van der Waals surface area contributed by atoms with Gasteiger partial charge in [0.05, 0.1) is 24.8 Å². The van der Waals surface area contributed by atoms with Crippen LogP contribution in [-0.2, 0) is 0 Å². The number of carbonyl (C=O) groups excluding carboxylic acids is 2. The van der Waals surface area contributed by atoms with Crippen molar-refractivity contribution < 1.29 is 27.8 Å². The lowest BCUT2D eigenvalue weighted by molar-refractivity contribution is 0.0671. The number of hydrogen-bond donors (Lipinski definition) is 1. The first-order chi connectivity index (χ1) is 17.3. The SMILES string of the molecule is COc1ccc(C(=O)N2CCC(NC(=O)c3ccccc3Cl)C(c3ccc(F)c(F)c3)C2)cc1OC. The second-order valence-corrected chi connectivity index (χ2v) is 8.86. The number of methoxy groups -OCH3 is 2. The number of likely N-dealkylation sites (tertiary alicyclic amines) is 1. The van der Waals surface area contributed by atoms with Gasteiger partial charge < -0.3 is 19.7 Å². The first-order valence-electron chi connectivity index (χ1n) is 11.3. The van der Waals surface area contributed by atoms with Gasteiger partial charge in [-0.1, -0.05) is 29.8 Å². The van der Waals surface area contributed by atoms with Crippen LogP contribution in [0.15, 0.2) is 60.7 Å². The van der Waals surface area contributed by atoms with Gasteiger partial charge in [0.1, 0.15) is 0 Å². The maximum Gasteiger partial charge on any atom is 0.254 e. The zero-order valence-corrected chi connectivity index (χ0v) is 20.5. The lowest BCUT2D eigenvalue weighted by Gasteiger charge is -2.39. The molecule has 0 bridgehead atoms. The molecule has 0 saturated carbocycles. The molecule has 1 saturated heterocycles. The summed E-state index contributed by atoms with van der Waals surface area (Å²) in [6.07, 6.45) is 0.402. The van der Waals surface area contributed by atoms with Gasteiger partial charge in [-0.05, 0) is 54.4 Å². The Balaban J connectivity index is 1.61. The van der Waals surface area contributed by atoms with Crippen LogP contribution in [0.25, 0.3) is 0 Å². The molecular formula is C27H25ClF2N2O4. The van der Waals surface area contributed by atoms with Crippen LogP contribution in [0.5, 0.6) is 11.5 Å². The van der Waals surface area contributed by atoms with Gasteiger partial charge in [-0.2, -0.15) is 0 Å². The molecule has 2 atom stereocenters. The molecule has 1 aliphatic heterocycles. The molecule has 0 spiro atoms. The van der Waals surface area contributed by atoms with Crippen LogP contribution in [0, 0.1) is 11.6 Å². The van der Waals surface area contributed by atoms with Gasteiger partial charge in [0.2, 0.25) is 0 Å². The number of nitrogens with one attached hydrogen (secondary N) is 1. The van der Waals surface area contributed by atoms with E-state index < -0.39 is 23.6 Å². The Morgan fingerprint density at radius 3 is 2.42 bits per heavy atom. The molecule has 4 rings (SSSR count). The monoisotopic (exact) mass is 514 g/mol. The van der Waals surface area contributed by atoms with E-state index in [4.69, 9.17) is 21.1 Å². The number of nitrogens with zero attached hydrogens (tertiary/aromatic N) is 1. The van der Waals surface area contributed by atoms with Crippen molar-refractivity contribution in [3.63, 3.8) is 0 Å². The molecule has 1 N–H and O–H groups in total. The number of rotatable bonds is 6. The van der Waals surface area contributed by atoms with Crippen molar-refractivity contribution in [3.8, 4) is 11.5 Å². The first-order valence-corrected chi connectivity index (χ1v) is 11.7. The fourth-order valence-corrected chi connectivity index (χ4v) is 4.65. The number of amides is 2. The average molecular weight is 515 g/mol. The minimum atomic E-state index is -0.993. The summed E-state index contributed by atoms with van der Waals surface area (Å²) < 4.78 is 38.3. The van der Waals surface area contributed by atoms with Crippen molar-refractivity contribution in [2.75, 3.05) is 27.3 Å². The van der Waals surface area contributed by atoms with Gasteiger partial charge in [0.25, 0.3) is 11.8 Å². The standard InChI is InChI=1S/C27H25ClF2N2O4/c1-35-24-10-8-17(14-25(24)36-2)27(34)32-12-11-23(31-26(33)18-5-3-4-6-20(18)28)19(15-32)16-7-9-21(29)22(30)13-16/h3-10,13-14,19,23H,11-12,15H2,1-2H3,(H,31,33). The highest BCUT2D eigenvalue weighted by molar-refractivity contribution is 6.33. The van der Waals surface area contributed by atoms with Gasteiger partial charge in [0, 0.05) is 30.6 Å². The van der Waals surface area contributed by atoms with E-state index in [0.29, 0.717) is 46.2 Å². The molecule has 3 aromatic rings. The summed E-state index contributed by atoms with van der Waals surface area (Å²) in [6.45, 7) is 0.534. The number of hydrogen-bond acceptors (Lipinski definition) is 4. The Kier molecular flexibility index (Phi) is 7.74. The Morgan fingerprint density at radius 2 is 1.72 bits per heavy atom. The Bertz CT molecular complexity index is 1290. The molecule has 36 heavy (non-hydrogen) atoms. The lowest BCUT2D eigenvalue weighted by Crippen LogP contribution is -2.51. The molecular weight excluding hydrogens is 490 g/mol. The van der Waals surface area contributed by atoms with Crippen LogP contribution < -0.4 is 14.8 Å². The summed E-state index contributed by atoms with van der Waals surface area (Å²) in [4.78, 5) is 27.9. The molecule has 9 heteroatoms. The average Bonchev–Trinajstić information content (AvgIpc) is 2.89. The van der Waals surface area contributed by atoms with Gasteiger partial charge >= 0.3 is 0 Å². The van der Waals surface area contributed by atoms with E-state index >= 15 is 0 Å². The predicted octanol–water partition coefficient (Wildman–Crippen LogP) is 5.06. The highest BCUT2D eigenvalue weighted by Gasteiger charge is 2.35. The summed E-state index contributed by atoms with van der Waals surface area (Å²) >= 11 is 6.18. The Labute approximate surface area is 212 Å². The minimum absolute atomic E-state index is 0.186. The highest BCUT2D eigenvalue weighted by Crippen LogP contribution is 2.32.